The lowest BCUT2D eigenvalue weighted by atomic mass is 10.1. The van der Waals surface area contributed by atoms with Crippen molar-refractivity contribution < 1.29 is 0 Å². The van der Waals surface area contributed by atoms with E-state index in [4.69, 9.17) is 0 Å². The Morgan fingerprint density at radius 2 is 2.00 bits per heavy atom. The number of hydrogen-bond donors (Lipinski definition) is 0. The normalized spacial score (nSPS) is 12.0. The zero-order valence-electron chi connectivity index (χ0n) is 6.03. The Morgan fingerprint density at radius 3 is 2.12 bits per heavy atom. The minimum Gasteiger partial charge on any atom is -0.156 e. The highest BCUT2D eigenvalue weighted by molar-refractivity contribution is 8.00. The molecule has 0 bridgehead atoms. The third-order valence-electron chi connectivity index (χ3n) is 1.34. The van der Waals surface area contributed by atoms with E-state index in [-0.39, 0.29) is 0 Å². The van der Waals surface area contributed by atoms with Gasteiger partial charge in [0.25, 0.3) is 0 Å². The molecule has 0 aromatic heterocycles. The van der Waals surface area contributed by atoms with E-state index in [1.54, 1.807) is 0 Å². The van der Waals surface area contributed by atoms with Crippen molar-refractivity contribution in [2.24, 2.45) is 0 Å². The second-order valence-corrected chi connectivity index (χ2v) is 4.26. The van der Waals surface area contributed by atoms with Crippen LogP contribution >= 0.6 is 11.8 Å². The van der Waals surface area contributed by atoms with Crippen molar-refractivity contribution in [3.05, 3.63) is 6.92 Å². The zero-order valence-corrected chi connectivity index (χ0v) is 6.85. The minimum atomic E-state index is 0.446. The monoisotopic (exact) mass is 131 g/mol. The predicted molar refractivity (Wildman–Crippen MR) is 42.2 cm³/mol. The topological polar surface area (TPSA) is 0 Å². The summed E-state index contributed by atoms with van der Waals surface area (Å²) in [5.41, 5.74) is 0. The first-order valence-corrected chi connectivity index (χ1v) is 4.04. The average molecular weight is 131 g/mol. The molecule has 0 saturated heterocycles. The summed E-state index contributed by atoms with van der Waals surface area (Å²) in [7, 11) is 0. The van der Waals surface area contributed by atoms with Gasteiger partial charge in [-0.05, 0) is 19.1 Å². The Hall–Kier alpha value is 0.350. The molecule has 0 atom stereocenters. The van der Waals surface area contributed by atoms with Crippen LogP contribution in [0.3, 0.4) is 0 Å². The van der Waals surface area contributed by atoms with Crippen molar-refractivity contribution in [2.75, 3.05) is 5.75 Å². The van der Waals surface area contributed by atoms with Crippen LogP contribution in [0.5, 0.6) is 0 Å². The van der Waals surface area contributed by atoms with Gasteiger partial charge in [-0.3, -0.25) is 0 Å². The van der Waals surface area contributed by atoms with E-state index in [0.717, 1.165) is 5.75 Å². The molecule has 0 aliphatic rings. The van der Waals surface area contributed by atoms with Crippen LogP contribution in [0.25, 0.3) is 0 Å². The van der Waals surface area contributed by atoms with Crippen molar-refractivity contribution in [3.8, 4) is 0 Å². The van der Waals surface area contributed by atoms with E-state index in [2.05, 4.69) is 27.7 Å². The van der Waals surface area contributed by atoms with Gasteiger partial charge < -0.3 is 0 Å². The molecule has 0 heterocycles. The first kappa shape index (κ1) is 8.35. The Labute approximate surface area is 57.1 Å². The van der Waals surface area contributed by atoms with Crippen LogP contribution in [-0.2, 0) is 0 Å². The summed E-state index contributed by atoms with van der Waals surface area (Å²) in [6, 6.07) is 0. The molecular weight excluding hydrogens is 116 g/mol. The van der Waals surface area contributed by atoms with E-state index >= 15 is 0 Å². The second-order valence-electron chi connectivity index (χ2n) is 2.46. The average Bonchev–Trinajstić information content (AvgIpc) is 1.67. The maximum atomic E-state index is 3.78. The molecule has 8 heavy (non-hydrogen) atoms. The van der Waals surface area contributed by atoms with Crippen molar-refractivity contribution >= 4 is 11.8 Å². The summed E-state index contributed by atoms with van der Waals surface area (Å²) in [4.78, 5) is 0. The molecule has 1 heteroatoms. The van der Waals surface area contributed by atoms with Crippen LogP contribution in [0.2, 0.25) is 0 Å². The molecule has 0 aliphatic carbocycles. The SMILES string of the molecule is [CH2]CSC(C)(C)CC. The first-order chi connectivity index (χ1) is 3.62. The lowest BCUT2D eigenvalue weighted by Crippen LogP contribution is -2.12. The molecule has 0 aliphatic heterocycles. The molecule has 0 unspecified atom stereocenters. The van der Waals surface area contributed by atoms with Crippen LogP contribution in [0.15, 0.2) is 0 Å². The van der Waals surface area contributed by atoms with Crippen LogP contribution in [0, 0.1) is 6.92 Å². The van der Waals surface area contributed by atoms with Crippen LogP contribution in [0.1, 0.15) is 27.2 Å². The van der Waals surface area contributed by atoms with Crippen LogP contribution in [0.4, 0.5) is 0 Å². The number of rotatable bonds is 3. The summed E-state index contributed by atoms with van der Waals surface area (Å²) in [5.74, 6) is 0.987. The fourth-order valence-corrected chi connectivity index (χ4v) is 1.14. The van der Waals surface area contributed by atoms with Gasteiger partial charge in [-0.15, -0.1) is 0 Å². The highest BCUT2D eigenvalue weighted by atomic mass is 32.2. The van der Waals surface area contributed by atoms with Gasteiger partial charge in [0.15, 0.2) is 0 Å². The van der Waals surface area contributed by atoms with Gasteiger partial charge in [0.05, 0.1) is 0 Å². The van der Waals surface area contributed by atoms with Crippen molar-refractivity contribution in [3.63, 3.8) is 0 Å². The van der Waals surface area contributed by atoms with Gasteiger partial charge in [0.1, 0.15) is 0 Å². The van der Waals surface area contributed by atoms with Gasteiger partial charge in [0, 0.05) is 4.75 Å². The second kappa shape index (κ2) is 3.39. The Morgan fingerprint density at radius 1 is 1.50 bits per heavy atom. The van der Waals surface area contributed by atoms with Crippen molar-refractivity contribution in [2.45, 2.75) is 31.9 Å². The van der Waals surface area contributed by atoms with E-state index in [9.17, 15) is 0 Å². The molecular formula is C7H15S. The molecule has 0 fully saturated rings. The van der Waals surface area contributed by atoms with Gasteiger partial charge in [-0.1, -0.05) is 20.8 Å². The number of thioether (sulfide) groups is 1. The Kier molecular flexibility index (Phi) is 3.54. The molecule has 0 saturated carbocycles. The van der Waals surface area contributed by atoms with E-state index < -0.39 is 0 Å². The highest BCUT2D eigenvalue weighted by Gasteiger charge is 2.12. The van der Waals surface area contributed by atoms with E-state index in [1.165, 1.54) is 6.42 Å². The van der Waals surface area contributed by atoms with Gasteiger partial charge in [-0.2, -0.15) is 11.8 Å². The lowest BCUT2D eigenvalue weighted by Gasteiger charge is -2.20. The van der Waals surface area contributed by atoms with Gasteiger partial charge >= 0.3 is 0 Å². The van der Waals surface area contributed by atoms with Crippen molar-refractivity contribution in [1.82, 2.24) is 0 Å². The molecule has 49 valence electrons. The fraction of sp³-hybridized carbons (Fsp3) is 0.857. The maximum absolute atomic E-state index is 3.78. The summed E-state index contributed by atoms with van der Waals surface area (Å²) in [6.45, 7) is 10.5. The maximum Gasteiger partial charge on any atom is 0.0101 e. The first-order valence-electron chi connectivity index (χ1n) is 3.05. The number of hydrogen-bond acceptors (Lipinski definition) is 1. The summed E-state index contributed by atoms with van der Waals surface area (Å²) in [6.07, 6.45) is 1.23. The van der Waals surface area contributed by atoms with Crippen molar-refractivity contribution in [1.29, 1.82) is 0 Å². The highest BCUT2D eigenvalue weighted by Crippen LogP contribution is 2.26. The molecule has 0 N–H and O–H groups in total. The molecule has 0 amide bonds. The molecule has 1 radical (unpaired) electrons. The molecule has 0 spiro atoms. The van der Waals surface area contributed by atoms with E-state index in [0.29, 0.717) is 4.75 Å². The fourth-order valence-electron chi connectivity index (χ4n) is 0.378. The van der Waals surface area contributed by atoms with E-state index in [1.807, 2.05) is 11.8 Å². The van der Waals surface area contributed by atoms with Gasteiger partial charge in [-0.25, -0.2) is 0 Å². The Balaban J connectivity index is 3.37. The molecule has 0 rings (SSSR count). The quantitative estimate of drug-likeness (QED) is 0.567. The molecule has 0 nitrogen and oxygen atoms in total. The third-order valence-corrected chi connectivity index (χ3v) is 2.62. The third kappa shape index (κ3) is 3.36. The smallest absolute Gasteiger partial charge is 0.0101 e. The molecule has 0 aromatic carbocycles. The molecule has 0 aromatic rings. The minimum absolute atomic E-state index is 0.446. The van der Waals surface area contributed by atoms with Gasteiger partial charge in [0.2, 0.25) is 0 Å². The summed E-state index contributed by atoms with van der Waals surface area (Å²) >= 11 is 1.92. The zero-order chi connectivity index (χ0) is 6.62. The largest absolute Gasteiger partial charge is 0.156 e. The van der Waals surface area contributed by atoms with Crippen LogP contribution < -0.4 is 0 Å². The lowest BCUT2D eigenvalue weighted by molar-refractivity contribution is 0.686. The summed E-state index contributed by atoms with van der Waals surface area (Å²) in [5, 5.41) is 0. The summed E-state index contributed by atoms with van der Waals surface area (Å²) < 4.78 is 0.446. The van der Waals surface area contributed by atoms with Crippen LogP contribution in [-0.4, -0.2) is 10.5 Å². The predicted octanol–water partition coefficient (Wildman–Crippen LogP) is 2.74. The standard InChI is InChI=1S/C7H15S/c1-5-7(3,4)8-6-2/h2,5-6H2,1,3-4H3. The Bertz CT molecular complexity index is 57.4.